The van der Waals surface area contributed by atoms with E-state index in [9.17, 15) is 14.4 Å². The number of nitrogens with zero attached hydrogens (tertiary/aromatic N) is 3. The summed E-state index contributed by atoms with van der Waals surface area (Å²) in [5, 5.41) is 12.4. The highest BCUT2D eigenvalue weighted by molar-refractivity contribution is 5.79. The first-order valence-electron chi connectivity index (χ1n) is 9.50. The molecule has 0 bridgehead atoms. The lowest BCUT2D eigenvalue weighted by molar-refractivity contribution is -0.123. The Labute approximate surface area is 154 Å². The van der Waals surface area contributed by atoms with Crippen molar-refractivity contribution in [3.8, 4) is 6.07 Å². The zero-order valence-electron chi connectivity index (χ0n) is 15.2. The molecule has 1 N–H and O–H groups in total. The molecular weight excluding hydrogens is 331 g/mol. The molecule has 1 heterocycles. The first-order valence-corrected chi connectivity index (χ1v) is 9.50. The molecule has 1 amide bonds. The van der Waals surface area contributed by atoms with Crippen LogP contribution in [0.15, 0.2) is 24.3 Å². The Balaban J connectivity index is 1.46. The van der Waals surface area contributed by atoms with Gasteiger partial charge in [-0.1, -0.05) is 12.1 Å². The van der Waals surface area contributed by atoms with E-state index in [0.29, 0.717) is 6.54 Å². The number of amides is 1. The number of benzene rings is 1. The Morgan fingerprint density at radius 1 is 1.08 bits per heavy atom. The van der Waals surface area contributed by atoms with Gasteiger partial charge in [0.15, 0.2) is 0 Å². The predicted molar refractivity (Wildman–Crippen MR) is 97.7 cm³/mol. The third kappa shape index (κ3) is 5.03. The van der Waals surface area contributed by atoms with E-state index in [1.54, 1.807) is 0 Å². The fraction of sp³-hybridized carbons (Fsp3) is 0.600. The maximum Gasteiger partial charge on any atom is 0.235 e. The van der Waals surface area contributed by atoms with Crippen LogP contribution in [0, 0.1) is 17.1 Å². The molecule has 1 aliphatic carbocycles. The van der Waals surface area contributed by atoms with Crippen LogP contribution in [0.4, 0.5) is 4.39 Å². The van der Waals surface area contributed by atoms with Crippen LogP contribution >= 0.6 is 0 Å². The minimum atomic E-state index is -0.641. The lowest BCUT2D eigenvalue weighted by Crippen LogP contribution is -2.49. The molecule has 1 saturated heterocycles. The number of hydrogen-bond donors (Lipinski definition) is 1. The van der Waals surface area contributed by atoms with E-state index in [0.717, 1.165) is 70.4 Å². The van der Waals surface area contributed by atoms with Crippen molar-refractivity contribution in [2.24, 2.45) is 0 Å². The van der Waals surface area contributed by atoms with Gasteiger partial charge in [0.2, 0.25) is 5.91 Å². The van der Waals surface area contributed by atoms with E-state index in [1.807, 2.05) is 12.1 Å². The molecule has 1 aliphatic heterocycles. The van der Waals surface area contributed by atoms with Crippen LogP contribution in [0.25, 0.3) is 0 Å². The van der Waals surface area contributed by atoms with Crippen molar-refractivity contribution in [2.75, 3.05) is 32.7 Å². The lowest BCUT2D eigenvalue weighted by atomic mass is 10.00. The van der Waals surface area contributed by atoms with Crippen LogP contribution < -0.4 is 5.32 Å². The van der Waals surface area contributed by atoms with Gasteiger partial charge in [-0.15, -0.1) is 0 Å². The van der Waals surface area contributed by atoms with Crippen molar-refractivity contribution >= 4 is 5.91 Å². The van der Waals surface area contributed by atoms with Crippen molar-refractivity contribution in [3.05, 3.63) is 35.6 Å². The average Bonchev–Trinajstić information content (AvgIpc) is 2.99. The fourth-order valence-electron chi connectivity index (χ4n) is 3.94. The van der Waals surface area contributed by atoms with E-state index < -0.39 is 5.54 Å². The van der Waals surface area contributed by atoms with E-state index >= 15 is 0 Å². The summed E-state index contributed by atoms with van der Waals surface area (Å²) in [7, 11) is 0. The zero-order chi connectivity index (χ0) is 18.4. The number of carbonyl (C=O) groups excluding carboxylic acids is 1. The summed E-state index contributed by atoms with van der Waals surface area (Å²) in [4.78, 5) is 16.9. The second kappa shape index (κ2) is 8.61. The Bertz CT molecular complexity index is 649. The van der Waals surface area contributed by atoms with Gasteiger partial charge in [-0.05, 0) is 62.9 Å². The molecule has 2 fully saturated rings. The van der Waals surface area contributed by atoms with Gasteiger partial charge in [0.1, 0.15) is 11.4 Å². The van der Waals surface area contributed by atoms with Crippen LogP contribution in [0.1, 0.15) is 37.7 Å². The van der Waals surface area contributed by atoms with Gasteiger partial charge in [0.25, 0.3) is 0 Å². The van der Waals surface area contributed by atoms with Gasteiger partial charge in [-0.25, -0.2) is 4.39 Å². The molecule has 0 radical (unpaired) electrons. The van der Waals surface area contributed by atoms with Crippen molar-refractivity contribution < 1.29 is 9.18 Å². The molecule has 0 atom stereocenters. The maximum atomic E-state index is 13.0. The van der Waals surface area contributed by atoms with E-state index in [1.165, 1.54) is 12.1 Å². The predicted octanol–water partition coefficient (Wildman–Crippen LogP) is 2.29. The molecular formula is C20H27FN4O. The molecule has 1 aromatic rings. The normalized spacial score (nSPS) is 21.1. The Morgan fingerprint density at radius 3 is 2.42 bits per heavy atom. The minimum Gasteiger partial charge on any atom is -0.337 e. The van der Waals surface area contributed by atoms with Crippen LogP contribution in [0.2, 0.25) is 0 Å². The highest BCUT2D eigenvalue weighted by atomic mass is 19.1. The van der Waals surface area contributed by atoms with Gasteiger partial charge in [-0.3, -0.25) is 14.6 Å². The third-order valence-electron chi connectivity index (χ3n) is 5.42. The van der Waals surface area contributed by atoms with Gasteiger partial charge in [0, 0.05) is 19.6 Å². The SMILES string of the molecule is N#CC1(NC(=O)CN2CCCN(Cc3ccc(F)cc3)CC2)CCCC1. The molecule has 3 rings (SSSR count). The van der Waals surface area contributed by atoms with Crippen LogP contribution in [-0.4, -0.2) is 54.0 Å². The lowest BCUT2D eigenvalue weighted by Gasteiger charge is -2.25. The van der Waals surface area contributed by atoms with Crippen LogP contribution in [-0.2, 0) is 11.3 Å². The highest BCUT2D eigenvalue weighted by Crippen LogP contribution is 2.28. The van der Waals surface area contributed by atoms with Crippen molar-refractivity contribution in [2.45, 2.75) is 44.2 Å². The summed E-state index contributed by atoms with van der Waals surface area (Å²) in [6.45, 7) is 4.72. The molecule has 0 aromatic heterocycles. The highest BCUT2D eigenvalue weighted by Gasteiger charge is 2.35. The van der Waals surface area contributed by atoms with Crippen molar-refractivity contribution in [1.82, 2.24) is 15.1 Å². The molecule has 26 heavy (non-hydrogen) atoms. The van der Waals surface area contributed by atoms with Crippen LogP contribution in [0.5, 0.6) is 0 Å². The molecule has 5 nitrogen and oxygen atoms in total. The quantitative estimate of drug-likeness (QED) is 0.877. The summed E-state index contributed by atoms with van der Waals surface area (Å²) < 4.78 is 13.0. The fourth-order valence-corrected chi connectivity index (χ4v) is 3.94. The zero-order valence-corrected chi connectivity index (χ0v) is 15.2. The van der Waals surface area contributed by atoms with Crippen molar-refractivity contribution in [3.63, 3.8) is 0 Å². The monoisotopic (exact) mass is 358 g/mol. The number of nitriles is 1. The number of rotatable bonds is 5. The molecule has 140 valence electrons. The largest absolute Gasteiger partial charge is 0.337 e. The van der Waals surface area contributed by atoms with Gasteiger partial charge in [0.05, 0.1) is 12.6 Å². The van der Waals surface area contributed by atoms with Gasteiger partial charge in [-0.2, -0.15) is 5.26 Å². The summed E-state index contributed by atoms with van der Waals surface area (Å²) in [5.74, 6) is -0.250. The number of nitrogens with one attached hydrogen (secondary N) is 1. The molecule has 1 saturated carbocycles. The Hall–Kier alpha value is -1.97. The first-order chi connectivity index (χ1) is 12.6. The summed E-state index contributed by atoms with van der Waals surface area (Å²) >= 11 is 0. The standard InChI is InChI=1S/C20H27FN4O/c21-18-6-4-17(5-7-18)14-24-10-3-11-25(13-12-24)15-19(26)23-20(16-22)8-1-2-9-20/h4-7H,1-3,8-15H2,(H,23,26). The second-order valence-electron chi connectivity index (χ2n) is 7.48. The van der Waals surface area contributed by atoms with Crippen molar-refractivity contribution in [1.29, 1.82) is 5.26 Å². The maximum absolute atomic E-state index is 13.0. The van der Waals surface area contributed by atoms with E-state index in [2.05, 4.69) is 21.2 Å². The summed E-state index contributed by atoms with van der Waals surface area (Å²) in [5.41, 5.74) is 0.465. The van der Waals surface area contributed by atoms with E-state index in [4.69, 9.17) is 0 Å². The minimum absolute atomic E-state index is 0.0413. The molecule has 0 spiro atoms. The van der Waals surface area contributed by atoms with Gasteiger partial charge < -0.3 is 5.32 Å². The molecule has 6 heteroatoms. The molecule has 0 unspecified atom stereocenters. The Kier molecular flexibility index (Phi) is 6.23. The van der Waals surface area contributed by atoms with Gasteiger partial charge >= 0.3 is 0 Å². The summed E-state index contributed by atoms with van der Waals surface area (Å²) in [6.07, 6.45) is 4.55. The van der Waals surface area contributed by atoms with E-state index in [-0.39, 0.29) is 11.7 Å². The number of carbonyl (C=O) groups is 1. The first kappa shape index (κ1) is 18.8. The topological polar surface area (TPSA) is 59.4 Å². The Morgan fingerprint density at radius 2 is 1.73 bits per heavy atom. The second-order valence-corrected chi connectivity index (χ2v) is 7.48. The molecule has 1 aromatic carbocycles. The average molecular weight is 358 g/mol. The molecule has 2 aliphatic rings. The number of hydrogen-bond acceptors (Lipinski definition) is 4. The summed E-state index contributed by atoms with van der Waals surface area (Å²) in [6, 6.07) is 8.96. The van der Waals surface area contributed by atoms with Crippen LogP contribution in [0.3, 0.4) is 0 Å². The third-order valence-corrected chi connectivity index (χ3v) is 5.42. The number of halogens is 1. The smallest absolute Gasteiger partial charge is 0.235 e.